The van der Waals surface area contributed by atoms with Gasteiger partial charge in [-0.2, -0.15) is 0 Å². The summed E-state index contributed by atoms with van der Waals surface area (Å²) in [5.74, 6) is -0.219. The summed E-state index contributed by atoms with van der Waals surface area (Å²) >= 11 is 0. The summed E-state index contributed by atoms with van der Waals surface area (Å²) in [6, 6.07) is 10.4. The zero-order valence-electron chi connectivity index (χ0n) is 11.4. The highest BCUT2D eigenvalue weighted by atomic mass is 19.1. The minimum absolute atomic E-state index is 0.137. The van der Waals surface area contributed by atoms with Crippen molar-refractivity contribution in [3.05, 3.63) is 65.6 Å². The van der Waals surface area contributed by atoms with Crippen molar-refractivity contribution in [3.63, 3.8) is 0 Å². The van der Waals surface area contributed by atoms with Gasteiger partial charge in [0.25, 0.3) is 0 Å². The molecule has 0 atom stereocenters. The molecule has 108 valence electrons. The number of amides is 2. The molecule has 5 heteroatoms. The Labute approximate surface area is 121 Å². The van der Waals surface area contributed by atoms with E-state index in [0.717, 1.165) is 5.56 Å². The summed E-state index contributed by atoms with van der Waals surface area (Å²) in [6.07, 6.45) is 2.84. The fourth-order valence-corrected chi connectivity index (χ4v) is 1.76. The van der Waals surface area contributed by atoms with Crippen LogP contribution in [0.2, 0.25) is 0 Å². The Morgan fingerprint density at radius 2 is 2.00 bits per heavy atom. The first-order valence-corrected chi connectivity index (χ1v) is 6.34. The summed E-state index contributed by atoms with van der Waals surface area (Å²) in [7, 11) is 0. The van der Waals surface area contributed by atoms with Crippen molar-refractivity contribution in [1.29, 1.82) is 0 Å². The molecular formula is C16H15FN2O2. The maximum atomic E-state index is 13.3. The van der Waals surface area contributed by atoms with E-state index in [4.69, 9.17) is 0 Å². The highest BCUT2D eigenvalue weighted by molar-refractivity contribution is 5.91. The molecule has 0 spiro atoms. The van der Waals surface area contributed by atoms with E-state index < -0.39 is 6.03 Å². The van der Waals surface area contributed by atoms with Crippen LogP contribution >= 0.6 is 0 Å². The molecule has 0 saturated heterocycles. The van der Waals surface area contributed by atoms with Crippen LogP contribution in [0.3, 0.4) is 0 Å². The monoisotopic (exact) mass is 286 g/mol. The predicted molar refractivity (Wildman–Crippen MR) is 80.4 cm³/mol. The van der Waals surface area contributed by atoms with Gasteiger partial charge in [0.2, 0.25) is 0 Å². The normalized spacial score (nSPS) is 10.6. The molecule has 21 heavy (non-hydrogen) atoms. The van der Waals surface area contributed by atoms with Crippen LogP contribution in [0.1, 0.15) is 11.1 Å². The van der Waals surface area contributed by atoms with Crippen LogP contribution in [-0.4, -0.2) is 11.1 Å². The second-order valence-electron chi connectivity index (χ2n) is 4.45. The van der Waals surface area contributed by atoms with E-state index >= 15 is 0 Å². The number of aromatic hydroxyl groups is 1. The summed E-state index contributed by atoms with van der Waals surface area (Å²) in [6.45, 7) is 1.77. The standard InChI is InChI=1S/C16H15FN2O2/c1-11-10-13(20)6-7-15(11)19-16(21)18-9-8-12-4-2-3-5-14(12)17/h2-10,20H,1H3,(H2,18,19,21)/b9-8+. The molecular weight excluding hydrogens is 271 g/mol. The Morgan fingerprint density at radius 1 is 1.24 bits per heavy atom. The third-order valence-electron chi connectivity index (χ3n) is 2.84. The number of urea groups is 1. The third kappa shape index (κ3) is 4.07. The number of halogens is 1. The molecule has 0 heterocycles. The van der Waals surface area contributed by atoms with Gasteiger partial charge in [-0.1, -0.05) is 18.2 Å². The number of carbonyl (C=O) groups excluding carboxylic acids is 1. The molecule has 0 radical (unpaired) electrons. The lowest BCUT2D eigenvalue weighted by molar-refractivity contribution is 0.255. The quantitative estimate of drug-likeness (QED) is 0.754. The number of aryl methyl sites for hydroxylation is 1. The van der Waals surface area contributed by atoms with Crippen LogP contribution < -0.4 is 10.6 Å². The van der Waals surface area contributed by atoms with E-state index in [2.05, 4.69) is 10.6 Å². The lowest BCUT2D eigenvalue weighted by Gasteiger charge is -2.08. The van der Waals surface area contributed by atoms with Crippen LogP contribution in [0.5, 0.6) is 5.75 Å². The second kappa shape index (κ2) is 6.56. The van der Waals surface area contributed by atoms with Gasteiger partial charge >= 0.3 is 6.03 Å². The number of carbonyl (C=O) groups is 1. The van der Waals surface area contributed by atoms with E-state index in [-0.39, 0.29) is 11.6 Å². The molecule has 2 amide bonds. The minimum atomic E-state index is -0.448. The van der Waals surface area contributed by atoms with Gasteiger partial charge in [-0.3, -0.25) is 0 Å². The molecule has 0 saturated carbocycles. The molecule has 4 nitrogen and oxygen atoms in total. The Hall–Kier alpha value is -2.82. The highest BCUT2D eigenvalue weighted by Gasteiger charge is 2.03. The number of phenolic OH excluding ortho intramolecular Hbond substituents is 1. The van der Waals surface area contributed by atoms with Gasteiger partial charge in [0, 0.05) is 17.5 Å². The van der Waals surface area contributed by atoms with Gasteiger partial charge in [-0.05, 0) is 42.8 Å². The Morgan fingerprint density at radius 3 is 2.71 bits per heavy atom. The maximum absolute atomic E-state index is 13.3. The van der Waals surface area contributed by atoms with Gasteiger partial charge in [0.15, 0.2) is 0 Å². The van der Waals surface area contributed by atoms with Gasteiger partial charge in [-0.15, -0.1) is 0 Å². The lowest BCUT2D eigenvalue weighted by atomic mass is 10.2. The molecule has 0 fully saturated rings. The summed E-state index contributed by atoms with van der Waals surface area (Å²) in [4.78, 5) is 11.7. The van der Waals surface area contributed by atoms with Crippen LogP contribution in [0.25, 0.3) is 6.08 Å². The number of hydrogen-bond donors (Lipinski definition) is 3. The van der Waals surface area contributed by atoms with E-state index in [1.165, 1.54) is 24.4 Å². The van der Waals surface area contributed by atoms with Crippen molar-refractivity contribution in [2.45, 2.75) is 6.92 Å². The molecule has 0 bridgehead atoms. The van der Waals surface area contributed by atoms with Crippen molar-refractivity contribution in [2.24, 2.45) is 0 Å². The lowest BCUT2D eigenvalue weighted by Crippen LogP contribution is -2.24. The topological polar surface area (TPSA) is 61.4 Å². The molecule has 2 aromatic rings. The SMILES string of the molecule is Cc1cc(O)ccc1NC(=O)N/C=C/c1ccccc1F. The maximum Gasteiger partial charge on any atom is 0.323 e. The number of rotatable bonds is 3. The summed E-state index contributed by atoms with van der Waals surface area (Å²) in [5.41, 5.74) is 1.71. The first kappa shape index (κ1) is 14.6. The van der Waals surface area contributed by atoms with Gasteiger partial charge < -0.3 is 15.7 Å². The summed E-state index contributed by atoms with van der Waals surface area (Å²) in [5, 5.41) is 14.4. The van der Waals surface area contributed by atoms with Crippen LogP contribution in [0.15, 0.2) is 48.7 Å². The average molecular weight is 286 g/mol. The number of hydrogen-bond acceptors (Lipinski definition) is 2. The molecule has 0 aliphatic heterocycles. The fourth-order valence-electron chi connectivity index (χ4n) is 1.76. The average Bonchev–Trinajstić information content (AvgIpc) is 2.44. The van der Waals surface area contributed by atoms with E-state index in [1.807, 2.05) is 0 Å². The van der Waals surface area contributed by atoms with Crippen molar-refractivity contribution < 1.29 is 14.3 Å². The van der Waals surface area contributed by atoms with Crippen molar-refractivity contribution in [2.75, 3.05) is 5.32 Å². The number of anilines is 1. The van der Waals surface area contributed by atoms with Crippen molar-refractivity contribution in [3.8, 4) is 5.75 Å². The molecule has 0 unspecified atom stereocenters. The van der Waals surface area contributed by atoms with E-state index in [1.54, 1.807) is 37.3 Å². The molecule has 0 aromatic heterocycles. The van der Waals surface area contributed by atoms with Crippen LogP contribution in [0, 0.1) is 12.7 Å². The van der Waals surface area contributed by atoms with Crippen LogP contribution in [0.4, 0.5) is 14.9 Å². The minimum Gasteiger partial charge on any atom is -0.508 e. The molecule has 3 N–H and O–H groups in total. The Balaban J connectivity index is 1.95. The van der Waals surface area contributed by atoms with Crippen molar-refractivity contribution >= 4 is 17.8 Å². The van der Waals surface area contributed by atoms with Gasteiger partial charge in [0.05, 0.1) is 0 Å². The molecule has 2 aromatic carbocycles. The molecule has 0 aliphatic carbocycles. The number of phenols is 1. The highest BCUT2D eigenvalue weighted by Crippen LogP contribution is 2.19. The van der Waals surface area contributed by atoms with E-state index in [0.29, 0.717) is 11.3 Å². The molecule has 0 aliphatic rings. The number of nitrogens with one attached hydrogen (secondary N) is 2. The smallest absolute Gasteiger partial charge is 0.323 e. The second-order valence-corrected chi connectivity index (χ2v) is 4.45. The Kier molecular flexibility index (Phi) is 4.56. The van der Waals surface area contributed by atoms with Gasteiger partial charge in [-0.25, -0.2) is 9.18 Å². The van der Waals surface area contributed by atoms with Gasteiger partial charge in [0.1, 0.15) is 11.6 Å². The third-order valence-corrected chi connectivity index (χ3v) is 2.84. The van der Waals surface area contributed by atoms with E-state index in [9.17, 15) is 14.3 Å². The fraction of sp³-hybridized carbons (Fsp3) is 0.0625. The van der Waals surface area contributed by atoms with Crippen LogP contribution in [-0.2, 0) is 0 Å². The number of benzene rings is 2. The predicted octanol–water partition coefficient (Wildman–Crippen LogP) is 3.63. The molecule has 2 rings (SSSR count). The summed E-state index contributed by atoms with van der Waals surface area (Å²) < 4.78 is 13.3. The first-order valence-electron chi connectivity index (χ1n) is 6.34. The zero-order chi connectivity index (χ0) is 15.2. The zero-order valence-corrected chi connectivity index (χ0v) is 11.4. The van der Waals surface area contributed by atoms with Crippen molar-refractivity contribution in [1.82, 2.24) is 5.32 Å². The Bertz CT molecular complexity index is 684. The largest absolute Gasteiger partial charge is 0.508 e. The first-order chi connectivity index (χ1) is 10.1.